The van der Waals surface area contributed by atoms with Gasteiger partial charge in [-0.15, -0.1) is 0 Å². The van der Waals surface area contributed by atoms with E-state index < -0.39 is 0 Å². The SMILES string of the molecule is Cc1ccc(Nc2nc3ccc(N)cc3o2)cc1F. The maximum atomic E-state index is 13.4. The van der Waals surface area contributed by atoms with Crippen LogP contribution in [-0.2, 0) is 0 Å². The first-order valence-corrected chi connectivity index (χ1v) is 5.81. The molecule has 0 aliphatic rings. The Morgan fingerprint density at radius 1 is 1.21 bits per heavy atom. The molecule has 2 aromatic carbocycles. The summed E-state index contributed by atoms with van der Waals surface area (Å²) in [4.78, 5) is 4.25. The molecule has 3 rings (SSSR count). The van der Waals surface area contributed by atoms with Gasteiger partial charge in [0.2, 0.25) is 0 Å². The van der Waals surface area contributed by atoms with Gasteiger partial charge in [-0.25, -0.2) is 4.39 Å². The van der Waals surface area contributed by atoms with Crippen LogP contribution in [0.25, 0.3) is 11.1 Å². The van der Waals surface area contributed by atoms with Crippen molar-refractivity contribution in [3.8, 4) is 0 Å². The number of benzene rings is 2. The fourth-order valence-electron chi connectivity index (χ4n) is 1.79. The predicted octanol–water partition coefficient (Wildman–Crippen LogP) is 3.60. The third-order valence-electron chi connectivity index (χ3n) is 2.84. The lowest BCUT2D eigenvalue weighted by atomic mass is 10.2. The standard InChI is InChI=1S/C14H12FN3O/c1-8-2-4-10(7-11(8)15)17-14-18-12-5-3-9(16)6-13(12)19-14/h2-7H,16H2,1H3,(H,17,18). The van der Waals surface area contributed by atoms with Crippen LogP contribution in [0.2, 0.25) is 0 Å². The molecule has 5 heteroatoms. The van der Waals surface area contributed by atoms with E-state index >= 15 is 0 Å². The molecule has 0 saturated carbocycles. The van der Waals surface area contributed by atoms with Crippen molar-refractivity contribution < 1.29 is 8.81 Å². The number of hydrogen-bond acceptors (Lipinski definition) is 4. The summed E-state index contributed by atoms with van der Waals surface area (Å²) < 4.78 is 18.9. The number of hydrogen-bond donors (Lipinski definition) is 2. The molecule has 3 aromatic rings. The number of nitrogen functional groups attached to an aromatic ring is 1. The summed E-state index contributed by atoms with van der Waals surface area (Å²) >= 11 is 0. The Labute approximate surface area is 109 Å². The third kappa shape index (κ3) is 2.22. The first-order chi connectivity index (χ1) is 9.11. The number of nitrogens with one attached hydrogen (secondary N) is 1. The van der Waals surface area contributed by atoms with E-state index in [4.69, 9.17) is 10.2 Å². The van der Waals surface area contributed by atoms with Crippen molar-refractivity contribution in [3.63, 3.8) is 0 Å². The molecule has 4 nitrogen and oxygen atoms in total. The van der Waals surface area contributed by atoms with Crippen LogP contribution >= 0.6 is 0 Å². The molecule has 0 aliphatic heterocycles. The van der Waals surface area contributed by atoms with Gasteiger partial charge in [0.15, 0.2) is 5.58 Å². The fourth-order valence-corrected chi connectivity index (χ4v) is 1.79. The largest absolute Gasteiger partial charge is 0.423 e. The monoisotopic (exact) mass is 257 g/mol. The van der Waals surface area contributed by atoms with Crippen molar-refractivity contribution >= 4 is 28.5 Å². The molecule has 0 unspecified atom stereocenters. The molecule has 1 heterocycles. The lowest BCUT2D eigenvalue weighted by Crippen LogP contribution is -1.92. The molecule has 1 aromatic heterocycles. The first kappa shape index (κ1) is 11.5. The highest BCUT2D eigenvalue weighted by Gasteiger charge is 2.07. The highest BCUT2D eigenvalue weighted by molar-refractivity contribution is 5.78. The third-order valence-corrected chi connectivity index (χ3v) is 2.84. The van der Waals surface area contributed by atoms with Crippen LogP contribution in [0, 0.1) is 12.7 Å². The van der Waals surface area contributed by atoms with E-state index in [1.54, 1.807) is 37.3 Å². The molecule has 0 spiro atoms. The van der Waals surface area contributed by atoms with Crippen molar-refractivity contribution in [2.24, 2.45) is 0 Å². The number of aromatic nitrogens is 1. The molecule has 3 N–H and O–H groups in total. The van der Waals surface area contributed by atoms with Gasteiger partial charge in [-0.2, -0.15) is 4.98 Å². The zero-order chi connectivity index (χ0) is 13.4. The van der Waals surface area contributed by atoms with Crippen LogP contribution in [0.4, 0.5) is 21.8 Å². The molecular weight excluding hydrogens is 245 g/mol. The molecule has 0 radical (unpaired) electrons. The summed E-state index contributed by atoms with van der Waals surface area (Å²) in [6, 6.07) is 10.4. The lowest BCUT2D eigenvalue weighted by Gasteiger charge is -2.02. The fraction of sp³-hybridized carbons (Fsp3) is 0.0714. The van der Waals surface area contributed by atoms with E-state index in [1.165, 1.54) is 6.07 Å². The highest BCUT2D eigenvalue weighted by atomic mass is 19.1. The first-order valence-electron chi connectivity index (χ1n) is 5.81. The van der Waals surface area contributed by atoms with Crippen LogP contribution in [0.3, 0.4) is 0 Å². The molecular formula is C14H12FN3O. The quantitative estimate of drug-likeness (QED) is 0.688. The lowest BCUT2D eigenvalue weighted by molar-refractivity contribution is 0.615. The zero-order valence-corrected chi connectivity index (χ0v) is 10.3. The smallest absolute Gasteiger partial charge is 0.300 e. The van der Waals surface area contributed by atoms with E-state index in [9.17, 15) is 4.39 Å². The average Bonchev–Trinajstić information content (AvgIpc) is 2.75. The number of oxazole rings is 1. The summed E-state index contributed by atoms with van der Waals surface area (Å²) in [5, 5.41) is 2.92. The molecule has 96 valence electrons. The van der Waals surface area contributed by atoms with E-state index in [0.717, 1.165) is 0 Å². The van der Waals surface area contributed by atoms with Crippen LogP contribution in [0.1, 0.15) is 5.56 Å². The van der Waals surface area contributed by atoms with Gasteiger partial charge in [0, 0.05) is 17.4 Å². The van der Waals surface area contributed by atoms with Crippen molar-refractivity contribution in [2.45, 2.75) is 6.92 Å². The van der Waals surface area contributed by atoms with Crippen molar-refractivity contribution in [2.75, 3.05) is 11.1 Å². The van der Waals surface area contributed by atoms with Gasteiger partial charge in [-0.3, -0.25) is 0 Å². The number of aryl methyl sites for hydroxylation is 1. The summed E-state index contributed by atoms with van der Waals surface area (Å²) in [6.45, 7) is 1.71. The summed E-state index contributed by atoms with van der Waals surface area (Å²) in [5.41, 5.74) is 8.74. The van der Waals surface area contributed by atoms with Gasteiger partial charge in [-0.05, 0) is 36.8 Å². The van der Waals surface area contributed by atoms with Crippen molar-refractivity contribution in [1.29, 1.82) is 0 Å². The molecule has 0 atom stereocenters. The number of nitrogens with two attached hydrogens (primary N) is 1. The van der Waals surface area contributed by atoms with E-state index in [0.29, 0.717) is 34.1 Å². The Morgan fingerprint density at radius 2 is 2.05 bits per heavy atom. The Bertz CT molecular complexity index is 752. The topological polar surface area (TPSA) is 64.1 Å². The minimum atomic E-state index is -0.273. The number of halogens is 1. The normalized spacial score (nSPS) is 10.8. The summed E-state index contributed by atoms with van der Waals surface area (Å²) in [6.07, 6.45) is 0. The molecule has 0 fully saturated rings. The predicted molar refractivity (Wildman–Crippen MR) is 72.8 cm³/mol. The maximum Gasteiger partial charge on any atom is 0.300 e. The van der Waals surface area contributed by atoms with E-state index in [-0.39, 0.29) is 5.82 Å². The average molecular weight is 257 g/mol. The highest BCUT2D eigenvalue weighted by Crippen LogP contribution is 2.24. The van der Waals surface area contributed by atoms with Gasteiger partial charge in [-0.1, -0.05) is 6.07 Å². The maximum absolute atomic E-state index is 13.4. The Morgan fingerprint density at radius 3 is 2.84 bits per heavy atom. The summed E-state index contributed by atoms with van der Waals surface area (Å²) in [5.74, 6) is -0.273. The summed E-state index contributed by atoms with van der Waals surface area (Å²) in [7, 11) is 0. The number of rotatable bonds is 2. The van der Waals surface area contributed by atoms with Crippen LogP contribution < -0.4 is 11.1 Å². The van der Waals surface area contributed by atoms with Gasteiger partial charge in [0.1, 0.15) is 11.3 Å². The number of nitrogens with zero attached hydrogens (tertiary/aromatic N) is 1. The Balaban J connectivity index is 1.94. The second kappa shape index (κ2) is 4.28. The molecule has 0 bridgehead atoms. The molecule has 0 amide bonds. The van der Waals surface area contributed by atoms with E-state index in [1.807, 2.05) is 0 Å². The number of anilines is 3. The van der Waals surface area contributed by atoms with Crippen molar-refractivity contribution in [1.82, 2.24) is 4.98 Å². The zero-order valence-electron chi connectivity index (χ0n) is 10.3. The van der Waals surface area contributed by atoms with Crippen molar-refractivity contribution in [3.05, 3.63) is 47.8 Å². The molecule has 19 heavy (non-hydrogen) atoms. The van der Waals surface area contributed by atoms with Crippen LogP contribution in [-0.4, -0.2) is 4.98 Å². The second-order valence-corrected chi connectivity index (χ2v) is 4.34. The van der Waals surface area contributed by atoms with Crippen LogP contribution in [0.5, 0.6) is 0 Å². The minimum absolute atomic E-state index is 0.273. The van der Waals surface area contributed by atoms with Gasteiger partial charge in [0.05, 0.1) is 0 Å². The number of fused-ring (bicyclic) bond motifs is 1. The second-order valence-electron chi connectivity index (χ2n) is 4.34. The Kier molecular flexibility index (Phi) is 2.59. The van der Waals surface area contributed by atoms with Gasteiger partial charge in [0.25, 0.3) is 6.01 Å². The molecule has 0 saturated heterocycles. The van der Waals surface area contributed by atoms with Gasteiger partial charge >= 0.3 is 0 Å². The van der Waals surface area contributed by atoms with E-state index in [2.05, 4.69) is 10.3 Å². The minimum Gasteiger partial charge on any atom is -0.423 e. The van der Waals surface area contributed by atoms with Gasteiger partial charge < -0.3 is 15.5 Å². The molecule has 0 aliphatic carbocycles. The van der Waals surface area contributed by atoms with Crippen LogP contribution in [0.15, 0.2) is 40.8 Å². The Hall–Kier alpha value is -2.56.